The molecular formula is C25H31N5O2. The van der Waals surface area contributed by atoms with E-state index >= 15 is 0 Å². The summed E-state index contributed by atoms with van der Waals surface area (Å²) in [6.45, 7) is 13.7. The van der Waals surface area contributed by atoms with Crippen LogP contribution in [-0.2, 0) is 0 Å². The molecule has 0 saturated carbocycles. The van der Waals surface area contributed by atoms with Crippen LogP contribution in [0.2, 0.25) is 0 Å². The molecule has 1 atom stereocenters. The summed E-state index contributed by atoms with van der Waals surface area (Å²) in [5, 5.41) is 4.94. The number of rotatable bonds is 4. The van der Waals surface area contributed by atoms with E-state index in [0.717, 1.165) is 60.9 Å². The van der Waals surface area contributed by atoms with Crippen molar-refractivity contribution in [1.82, 2.24) is 15.1 Å². The molecule has 3 aliphatic heterocycles. The number of anilines is 1. The van der Waals surface area contributed by atoms with Gasteiger partial charge in [-0.15, -0.1) is 0 Å². The molecule has 0 bridgehead atoms. The van der Waals surface area contributed by atoms with Crippen molar-refractivity contribution < 1.29 is 4.42 Å². The highest BCUT2D eigenvalue weighted by atomic mass is 16.4. The van der Waals surface area contributed by atoms with E-state index in [1.54, 1.807) is 0 Å². The zero-order chi connectivity index (χ0) is 22.4. The van der Waals surface area contributed by atoms with Gasteiger partial charge >= 0.3 is 5.63 Å². The van der Waals surface area contributed by atoms with Crippen LogP contribution < -0.4 is 15.8 Å². The summed E-state index contributed by atoms with van der Waals surface area (Å²) < 4.78 is 5.75. The first-order chi connectivity index (χ1) is 15.4. The summed E-state index contributed by atoms with van der Waals surface area (Å²) in [4.78, 5) is 24.4. The third-order valence-corrected chi connectivity index (χ3v) is 6.33. The normalized spacial score (nSPS) is 21.4. The van der Waals surface area contributed by atoms with Crippen LogP contribution in [0.1, 0.15) is 33.5 Å². The van der Waals surface area contributed by atoms with E-state index in [1.165, 1.54) is 0 Å². The minimum absolute atomic E-state index is 0.0357. The molecule has 0 amide bonds. The number of hydrogen-bond acceptors (Lipinski definition) is 7. The summed E-state index contributed by atoms with van der Waals surface area (Å²) in [6, 6.07) is 8.07. The van der Waals surface area contributed by atoms with Crippen molar-refractivity contribution in [3.05, 3.63) is 58.5 Å². The summed E-state index contributed by atoms with van der Waals surface area (Å²) in [7, 11) is 0. The van der Waals surface area contributed by atoms with Crippen LogP contribution in [0.25, 0.3) is 16.5 Å². The molecule has 2 aromatic rings. The highest BCUT2D eigenvalue weighted by Gasteiger charge is 2.29. The maximum absolute atomic E-state index is 12.9. The fraction of sp³-hybridized carbons (Fsp3) is 0.440. The van der Waals surface area contributed by atoms with E-state index < -0.39 is 0 Å². The van der Waals surface area contributed by atoms with E-state index in [4.69, 9.17) is 4.42 Å². The van der Waals surface area contributed by atoms with Crippen molar-refractivity contribution in [2.45, 2.75) is 33.9 Å². The summed E-state index contributed by atoms with van der Waals surface area (Å²) in [5.41, 5.74) is 3.51. The lowest BCUT2D eigenvalue weighted by Crippen LogP contribution is -2.47. The van der Waals surface area contributed by atoms with Gasteiger partial charge in [-0.05, 0) is 43.4 Å². The fourth-order valence-electron chi connectivity index (χ4n) is 4.84. The highest BCUT2D eigenvalue weighted by Crippen LogP contribution is 2.28. The van der Waals surface area contributed by atoms with Gasteiger partial charge in [0.2, 0.25) is 0 Å². The first-order valence-corrected chi connectivity index (χ1v) is 11.4. The third kappa shape index (κ3) is 3.93. The SMILES string of the molecule is CC1=CN2C=C(c3cc4ccc(N5CCN(CC(C)C)CC5)cc4c(=O)o3)NC2C(C)=N1. The third-order valence-electron chi connectivity index (χ3n) is 6.33. The number of nitrogens with one attached hydrogen (secondary N) is 1. The number of hydrogen-bond donors (Lipinski definition) is 1. The first kappa shape index (κ1) is 20.8. The Bertz CT molecular complexity index is 1180. The molecular weight excluding hydrogens is 402 g/mol. The van der Waals surface area contributed by atoms with Gasteiger partial charge in [-0.1, -0.05) is 19.9 Å². The van der Waals surface area contributed by atoms with Gasteiger partial charge in [0.25, 0.3) is 0 Å². The topological polar surface area (TPSA) is 64.3 Å². The van der Waals surface area contributed by atoms with Crippen molar-refractivity contribution in [1.29, 1.82) is 0 Å². The Balaban J connectivity index is 1.38. The molecule has 32 heavy (non-hydrogen) atoms. The lowest BCUT2D eigenvalue weighted by Gasteiger charge is -2.36. The predicted molar refractivity (Wildman–Crippen MR) is 130 cm³/mol. The van der Waals surface area contributed by atoms with Crippen LogP contribution in [0.4, 0.5) is 5.69 Å². The van der Waals surface area contributed by atoms with Crippen LogP contribution in [0, 0.1) is 5.92 Å². The van der Waals surface area contributed by atoms with Crippen molar-refractivity contribution in [2.24, 2.45) is 10.9 Å². The smallest absolute Gasteiger partial charge is 0.344 e. The summed E-state index contributed by atoms with van der Waals surface area (Å²) in [6.07, 6.45) is 3.93. The molecule has 7 nitrogen and oxygen atoms in total. The summed E-state index contributed by atoms with van der Waals surface area (Å²) >= 11 is 0. The predicted octanol–water partition coefficient (Wildman–Crippen LogP) is 3.44. The monoisotopic (exact) mass is 433 g/mol. The average Bonchev–Trinajstić information content (AvgIpc) is 3.18. The van der Waals surface area contributed by atoms with Gasteiger partial charge in [0, 0.05) is 50.8 Å². The Morgan fingerprint density at radius 1 is 1.12 bits per heavy atom. The van der Waals surface area contributed by atoms with E-state index in [2.05, 4.69) is 44.9 Å². The van der Waals surface area contributed by atoms with Crippen LogP contribution in [0.5, 0.6) is 0 Å². The molecule has 1 fully saturated rings. The Labute approximate surface area is 188 Å². The number of nitrogens with zero attached hydrogens (tertiary/aromatic N) is 4. The summed E-state index contributed by atoms with van der Waals surface area (Å²) in [5.74, 6) is 1.23. The molecule has 4 heterocycles. The maximum Gasteiger partial charge on any atom is 0.344 e. The van der Waals surface area contributed by atoms with Gasteiger partial charge in [0.1, 0.15) is 6.17 Å². The largest absolute Gasteiger partial charge is 0.421 e. The van der Waals surface area contributed by atoms with Crippen molar-refractivity contribution in [2.75, 3.05) is 37.6 Å². The molecule has 3 aliphatic rings. The Morgan fingerprint density at radius 2 is 1.91 bits per heavy atom. The Hall–Kier alpha value is -3.06. The van der Waals surface area contributed by atoms with Gasteiger partial charge in [-0.25, -0.2) is 4.79 Å². The van der Waals surface area contributed by atoms with E-state index in [9.17, 15) is 4.79 Å². The van der Waals surface area contributed by atoms with Gasteiger partial charge in [-0.3, -0.25) is 9.89 Å². The van der Waals surface area contributed by atoms with Crippen molar-refractivity contribution >= 4 is 27.9 Å². The van der Waals surface area contributed by atoms with Crippen LogP contribution >= 0.6 is 0 Å². The molecule has 0 spiro atoms. The van der Waals surface area contributed by atoms with Crippen molar-refractivity contribution in [3.8, 4) is 0 Å². The standard InChI is InChI=1S/C25H31N5O2/c1-16(2)13-28-7-9-29(10-8-28)20-6-5-19-11-23(32-25(31)21(19)12-20)22-15-30-14-17(3)26-18(4)24(30)27-22/h5-6,11-12,14-16,24,27H,7-10,13H2,1-4H3. The molecule has 0 aliphatic carbocycles. The maximum atomic E-state index is 12.9. The van der Waals surface area contributed by atoms with E-state index in [-0.39, 0.29) is 11.8 Å². The fourth-order valence-corrected chi connectivity index (χ4v) is 4.84. The minimum atomic E-state index is -0.303. The lowest BCUT2D eigenvalue weighted by atomic mass is 10.1. The molecule has 1 aromatic heterocycles. The molecule has 1 saturated heterocycles. The number of benzene rings is 1. The first-order valence-electron chi connectivity index (χ1n) is 11.4. The second-order valence-corrected chi connectivity index (χ2v) is 9.41. The van der Waals surface area contributed by atoms with E-state index in [1.807, 2.05) is 44.4 Å². The molecule has 1 unspecified atom stereocenters. The Morgan fingerprint density at radius 3 is 2.66 bits per heavy atom. The molecule has 1 N–H and O–H groups in total. The molecule has 5 rings (SSSR count). The van der Waals surface area contributed by atoms with Gasteiger partial charge < -0.3 is 19.5 Å². The molecule has 1 aromatic carbocycles. The molecule has 7 heteroatoms. The zero-order valence-corrected chi connectivity index (χ0v) is 19.3. The lowest BCUT2D eigenvalue weighted by molar-refractivity contribution is 0.231. The van der Waals surface area contributed by atoms with Gasteiger partial charge in [0.15, 0.2) is 5.76 Å². The number of allylic oxidation sites excluding steroid dienone is 1. The quantitative estimate of drug-likeness (QED) is 0.797. The van der Waals surface area contributed by atoms with Crippen LogP contribution in [-0.4, -0.2) is 54.4 Å². The number of aliphatic imine (C=N–C) groups is 1. The van der Waals surface area contributed by atoms with Crippen LogP contribution in [0.15, 0.2) is 56.6 Å². The van der Waals surface area contributed by atoms with Gasteiger partial charge in [-0.2, -0.15) is 0 Å². The average molecular weight is 434 g/mol. The number of piperazine rings is 1. The van der Waals surface area contributed by atoms with Crippen LogP contribution in [0.3, 0.4) is 0 Å². The number of fused-ring (bicyclic) bond motifs is 2. The highest BCUT2D eigenvalue weighted by molar-refractivity contribution is 5.92. The zero-order valence-electron chi connectivity index (χ0n) is 19.3. The second kappa shape index (κ2) is 8.13. The molecule has 168 valence electrons. The molecule has 0 radical (unpaired) electrons. The van der Waals surface area contributed by atoms with Gasteiger partial charge in [0.05, 0.1) is 22.5 Å². The van der Waals surface area contributed by atoms with E-state index in [0.29, 0.717) is 17.1 Å². The minimum Gasteiger partial charge on any atom is -0.421 e. The Kier molecular flexibility index (Phi) is 5.29. The van der Waals surface area contributed by atoms with Crippen molar-refractivity contribution in [3.63, 3.8) is 0 Å². The second-order valence-electron chi connectivity index (χ2n) is 9.41.